The second kappa shape index (κ2) is 12.0. The molecule has 1 aliphatic heterocycles. The van der Waals surface area contributed by atoms with Gasteiger partial charge < -0.3 is 24.1 Å². The molecule has 4 rings (SSSR count). The van der Waals surface area contributed by atoms with E-state index in [1.54, 1.807) is 12.5 Å². The van der Waals surface area contributed by atoms with Gasteiger partial charge in [-0.15, -0.1) is 11.3 Å². The van der Waals surface area contributed by atoms with Gasteiger partial charge in [-0.3, -0.25) is 0 Å². The first kappa shape index (κ1) is 25.7. The molecule has 190 valence electrons. The average Bonchev–Trinajstić information content (AvgIpc) is 3.45. The Labute approximate surface area is 211 Å². The van der Waals surface area contributed by atoms with E-state index < -0.39 is 12.1 Å². The third-order valence-electron chi connectivity index (χ3n) is 6.54. The molecule has 1 aromatic heterocycles. The number of unbranched alkanes of at least 4 members (excludes halogenated alkanes) is 1. The van der Waals surface area contributed by atoms with E-state index in [1.807, 2.05) is 38.1 Å². The number of aromatic nitrogens is 1. The van der Waals surface area contributed by atoms with Gasteiger partial charge in [0.05, 0.1) is 32.0 Å². The molecule has 0 unspecified atom stereocenters. The highest BCUT2D eigenvalue weighted by molar-refractivity contribution is 7.09. The molecule has 0 spiro atoms. The lowest BCUT2D eigenvalue weighted by molar-refractivity contribution is -0.0767. The van der Waals surface area contributed by atoms with Crippen molar-refractivity contribution in [2.75, 3.05) is 13.7 Å². The van der Waals surface area contributed by atoms with Gasteiger partial charge in [0.2, 0.25) is 0 Å². The van der Waals surface area contributed by atoms with Gasteiger partial charge in [0.25, 0.3) is 0 Å². The number of thiazole rings is 1. The largest absolute Gasteiger partial charge is 0.497 e. The van der Waals surface area contributed by atoms with Crippen LogP contribution in [0.3, 0.4) is 0 Å². The second-order valence-corrected chi connectivity index (χ2v) is 10.3. The maximum atomic E-state index is 12.1. The van der Waals surface area contributed by atoms with E-state index in [-0.39, 0.29) is 24.2 Å². The molecule has 35 heavy (non-hydrogen) atoms. The van der Waals surface area contributed by atoms with Crippen molar-refractivity contribution in [3.05, 3.63) is 52.5 Å². The molecule has 2 fully saturated rings. The molecule has 0 bridgehead atoms. The minimum absolute atomic E-state index is 0.00627. The van der Waals surface area contributed by atoms with Gasteiger partial charge in [-0.2, -0.15) is 0 Å². The fraction of sp³-hybridized carbons (Fsp3) is 0.556. The smallest absolute Gasteiger partial charge is 0.358 e. The van der Waals surface area contributed by atoms with Crippen LogP contribution >= 0.6 is 11.3 Å². The van der Waals surface area contributed by atoms with Crippen LogP contribution < -0.4 is 9.47 Å². The molecular weight excluding hydrogens is 466 g/mol. The first-order chi connectivity index (χ1) is 16.9. The van der Waals surface area contributed by atoms with Crippen LogP contribution in [0.25, 0.3) is 0 Å². The molecule has 8 heteroatoms. The highest BCUT2D eigenvalue weighted by Crippen LogP contribution is 2.46. The number of benzene rings is 1. The standard InChI is InChI=1S/C27H35NO6S/c1-17(2)33-27(30)22-16-35-26(28-22)24-13-12-21-20(23(29)15-25(21)34-24)7-5-4-6-14-32-19-10-8-18(31-3)9-11-19/h5,7-11,16-17,20-21,23-25,29H,4,6,12-15H2,1-3H3/b7-5+/t20-,21-,23-,24-,25+/m1/s1. The zero-order valence-corrected chi connectivity index (χ0v) is 21.4. The predicted octanol–water partition coefficient (Wildman–Crippen LogP) is 5.35. The predicted molar refractivity (Wildman–Crippen MR) is 134 cm³/mol. The number of aliphatic hydroxyl groups is 1. The van der Waals surface area contributed by atoms with Gasteiger partial charge >= 0.3 is 5.97 Å². The Balaban J connectivity index is 1.22. The zero-order valence-electron chi connectivity index (χ0n) is 20.6. The lowest BCUT2D eigenvalue weighted by Gasteiger charge is -2.33. The molecule has 1 N–H and O–H groups in total. The minimum atomic E-state index is -0.400. The number of allylic oxidation sites excluding steroid dienone is 1. The van der Waals surface area contributed by atoms with Crippen molar-refractivity contribution < 1.29 is 28.8 Å². The normalized spacial score (nSPS) is 26.1. The number of aliphatic hydroxyl groups excluding tert-OH is 1. The zero-order chi connectivity index (χ0) is 24.8. The number of nitrogens with zero attached hydrogens (tertiary/aromatic N) is 1. The number of carbonyl (C=O) groups is 1. The molecule has 7 nitrogen and oxygen atoms in total. The number of methoxy groups -OCH3 is 1. The first-order valence-corrected chi connectivity index (χ1v) is 13.3. The summed E-state index contributed by atoms with van der Waals surface area (Å²) in [6.45, 7) is 4.28. The molecule has 0 radical (unpaired) electrons. The van der Waals surface area contributed by atoms with E-state index in [0.29, 0.717) is 24.6 Å². The summed E-state index contributed by atoms with van der Waals surface area (Å²) in [6, 6.07) is 7.59. The fourth-order valence-corrected chi connectivity index (χ4v) is 5.69. The van der Waals surface area contributed by atoms with Gasteiger partial charge in [-0.05, 0) is 69.7 Å². The summed E-state index contributed by atoms with van der Waals surface area (Å²) in [5, 5.41) is 13.2. The SMILES string of the molecule is COc1ccc(OCCC/C=C/[C@@H]2[C@H]3CC[C@H](c4nc(C(=O)OC(C)C)cs4)O[C@H]3C[C@H]2O)cc1. The third kappa shape index (κ3) is 6.63. The summed E-state index contributed by atoms with van der Waals surface area (Å²) in [7, 11) is 1.65. The highest BCUT2D eigenvalue weighted by Gasteiger charge is 2.45. The van der Waals surface area contributed by atoms with Gasteiger partial charge in [-0.1, -0.05) is 12.2 Å². The molecule has 2 aliphatic rings. The van der Waals surface area contributed by atoms with E-state index >= 15 is 0 Å². The molecule has 1 saturated carbocycles. The van der Waals surface area contributed by atoms with E-state index in [2.05, 4.69) is 17.1 Å². The van der Waals surface area contributed by atoms with Gasteiger partial charge in [0, 0.05) is 17.7 Å². The summed E-state index contributed by atoms with van der Waals surface area (Å²) in [5.41, 5.74) is 0.340. The van der Waals surface area contributed by atoms with Gasteiger partial charge in [0.1, 0.15) is 22.6 Å². The van der Waals surface area contributed by atoms with E-state index in [1.165, 1.54) is 11.3 Å². The fourth-order valence-electron chi connectivity index (χ4n) is 4.83. The lowest BCUT2D eigenvalue weighted by atomic mass is 9.86. The molecular formula is C27H35NO6S. The van der Waals surface area contributed by atoms with Crippen LogP contribution in [-0.4, -0.2) is 48.1 Å². The van der Waals surface area contributed by atoms with Crippen LogP contribution in [0.2, 0.25) is 0 Å². The number of hydrogen-bond acceptors (Lipinski definition) is 8. The maximum absolute atomic E-state index is 12.1. The number of rotatable bonds is 10. The summed E-state index contributed by atoms with van der Waals surface area (Å²) >= 11 is 1.44. The van der Waals surface area contributed by atoms with Crippen LogP contribution in [0.1, 0.15) is 67.6 Å². The maximum Gasteiger partial charge on any atom is 0.358 e. The van der Waals surface area contributed by atoms with Crippen LogP contribution in [0, 0.1) is 11.8 Å². The molecule has 2 aromatic rings. The minimum Gasteiger partial charge on any atom is -0.497 e. The Bertz CT molecular complexity index is 988. The van der Waals surface area contributed by atoms with Gasteiger partial charge in [-0.25, -0.2) is 9.78 Å². The molecule has 2 heterocycles. The van der Waals surface area contributed by atoms with Crippen molar-refractivity contribution in [1.29, 1.82) is 0 Å². The van der Waals surface area contributed by atoms with Crippen LogP contribution in [0.15, 0.2) is 41.8 Å². The Morgan fingerprint density at radius 1 is 1.26 bits per heavy atom. The summed E-state index contributed by atoms with van der Waals surface area (Å²) in [5.74, 6) is 1.66. The molecule has 0 amide bonds. The van der Waals surface area contributed by atoms with Gasteiger partial charge in [0.15, 0.2) is 5.69 Å². The highest BCUT2D eigenvalue weighted by atomic mass is 32.1. The average molecular weight is 502 g/mol. The quantitative estimate of drug-likeness (QED) is 0.267. The number of hydrogen-bond donors (Lipinski definition) is 1. The van der Waals surface area contributed by atoms with Crippen LogP contribution in [0.5, 0.6) is 11.5 Å². The molecule has 5 atom stereocenters. The molecule has 1 aliphatic carbocycles. The lowest BCUT2D eigenvalue weighted by Crippen LogP contribution is -2.30. The first-order valence-electron chi connectivity index (χ1n) is 12.4. The topological polar surface area (TPSA) is 87.1 Å². The van der Waals surface area contributed by atoms with E-state index in [0.717, 1.165) is 42.2 Å². The molecule has 1 saturated heterocycles. The van der Waals surface area contributed by atoms with Crippen molar-refractivity contribution in [2.45, 2.75) is 70.4 Å². The van der Waals surface area contributed by atoms with Crippen molar-refractivity contribution in [2.24, 2.45) is 11.8 Å². The Hall–Kier alpha value is -2.42. The summed E-state index contributed by atoms with van der Waals surface area (Å²) in [4.78, 5) is 16.6. The Kier molecular flexibility index (Phi) is 8.81. The second-order valence-electron chi connectivity index (χ2n) is 9.40. The Morgan fingerprint density at radius 3 is 2.77 bits per heavy atom. The van der Waals surface area contributed by atoms with E-state index in [9.17, 15) is 9.90 Å². The number of esters is 1. The number of fused-ring (bicyclic) bond motifs is 1. The number of carbonyl (C=O) groups excluding carboxylic acids is 1. The van der Waals surface area contributed by atoms with Crippen LogP contribution in [-0.2, 0) is 9.47 Å². The van der Waals surface area contributed by atoms with Crippen molar-refractivity contribution >= 4 is 17.3 Å². The molecule has 1 aromatic carbocycles. The van der Waals surface area contributed by atoms with Crippen molar-refractivity contribution in [3.8, 4) is 11.5 Å². The van der Waals surface area contributed by atoms with E-state index in [4.69, 9.17) is 18.9 Å². The van der Waals surface area contributed by atoms with Crippen molar-refractivity contribution in [3.63, 3.8) is 0 Å². The monoisotopic (exact) mass is 501 g/mol. The van der Waals surface area contributed by atoms with Crippen molar-refractivity contribution in [1.82, 2.24) is 4.98 Å². The van der Waals surface area contributed by atoms with Crippen LogP contribution in [0.4, 0.5) is 0 Å². The number of ether oxygens (including phenoxy) is 4. The third-order valence-corrected chi connectivity index (χ3v) is 7.48. The Morgan fingerprint density at radius 2 is 2.03 bits per heavy atom. The summed E-state index contributed by atoms with van der Waals surface area (Å²) in [6.07, 6.45) is 7.85. The summed E-state index contributed by atoms with van der Waals surface area (Å²) < 4.78 is 22.5.